The van der Waals surface area contributed by atoms with Crippen molar-refractivity contribution in [3.63, 3.8) is 0 Å². The summed E-state index contributed by atoms with van der Waals surface area (Å²) in [5, 5.41) is 2.87. The van der Waals surface area contributed by atoms with Gasteiger partial charge in [0.1, 0.15) is 0 Å². The van der Waals surface area contributed by atoms with Crippen LogP contribution in [0.3, 0.4) is 0 Å². The molecule has 0 atom stereocenters. The van der Waals surface area contributed by atoms with Crippen LogP contribution in [0.4, 0.5) is 0 Å². The fraction of sp³-hybridized carbons (Fsp3) is 0.810. The molecule has 3 rings (SSSR count). The Kier molecular flexibility index (Phi) is 58.5. The van der Waals surface area contributed by atoms with Gasteiger partial charge in [0.2, 0.25) is 11.4 Å². The second kappa shape index (κ2) is 62.8. The average Bonchev–Trinajstić information content (AvgIpc) is 1.65. The Hall–Kier alpha value is -1.99. The monoisotopic (exact) mass is 1250 g/mol. The molecule has 1 aliphatic heterocycles. The average molecular weight is 1250 g/mol. The zero-order valence-corrected chi connectivity index (χ0v) is 60.7. The molecule has 0 radical (unpaired) electrons. The molecule has 1 heterocycles. The van der Waals surface area contributed by atoms with Crippen LogP contribution < -0.4 is 0 Å². The third kappa shape index (κ3) is 45.0. The van der Waals surface area contributed by atoms with E-state index in [4.69, 9.17) is 0 Å². The molecule has 0 aliphatic carbocycles. The zero-order valence-electron chi connectivity index (χ0n) is 59.7. The van der Waals surface area contributed by atoms with Gasteiger partial charge in [0.25, 0.3) is 0 Å². The van der Waals surface area contributed by atoms with E-state index in [1.165, 1.54) is 380 Å². The summed E-state index contributed by atoms with van der Waals surface area (Å²) in [6.45, 7) is 13.7. The first-order chi connectivity index (χ1) is 43.1. The number of nitrogens with zero attached hydrogens (tertiary/aromatic N) is 2. The SMILES string of the molecule is CCCCCCC1=C(c2cccc(CCCC)c2)[N+](=[N-])C(c2cccc(CCCC)c2)=C1CCCC.CCCCCCCCCCCCCCCCCCCCCCCC[CH2][Ni][CH2]CCCCCCCCCCCCCCCCCCCCCCCC. The minimum Gasteiger partial charge on any atom is -0.0654 e. The van der Waals surface area contributed by atoms with Crippen molar-refractivity contribution in [2.24, 2.45) is 0 Å². The van der Waals surface area contributed by atoms with Gasteiger partial charge in [0.15, 0.2) is 0 Å². The number of aryl methyl sites for hydroxylation is 2. The molecule has 3 heteroatoms. The summed E-state index contributed by atoms with van der Waals surface area (Å²) in [7, 11) is 0. The van der Waals surface area contributed by atoms with Crippen molar-refractivity contribution < 1.29 is 19.1 Å². The molecule has 0 saturated heterocycles. The van der Waals surface area contributed by atoms with Crippen LogP contribution in [0.1, 0.15) is 436 Å². The van der Waals surface area contributed by atoms with E-state index in [1.54, 1.807) is 4.70 Å². The zero-order chi connectivity index (χ0) is 62.4. The molecule has 0 unspecified atom stereocenters. The van der Waals surface area contributed by atoms with Crippen molar-refractivity contribution in [1.29, 1.82) is 0 Å². The van der Waals surface area contributed by atoms with E-state index in [-0.39, 0.29) is 0 Å². The van der Waals surface area contributed by atoms with Crippen LogP contribution in [0.15, 0.2) is 59.7 Å². The number of rotatable bonds is 64. The van der Waals surface area contributed by atoms with E-state index in [0.29, 0.717) is 0 Å². The molecule has 1 aliphatic rings. The molecule has 0 amide bonds. The number of benzene rings is 2. The van der Waals surface area contributed by atoms with Crippen molar-refractivity contribution in [2.45, 2.75) is 438 Å². The Labute approximate surface area is 552 Å². The van der Waals surface area contributed by atoms with Gasteiger partial charge in [-0.3, -0.25) is 0 Å². The van der Waals surface area contributed by atoms with Crippen molar-refractivity contribution >= 4 is 11.4 Å². The van der Waals surface area contributed by atoms with Crippen molar-refractivity contribution in [3.05, 3.63) is 87.5 Å². The maximum absolute atomic E-state index is 11.8. The van der Waals surface area contributed by atoms with Crippen LogP contribution in [-0.2, 0) is 27.3 Å². The summed E-state index contributed by atoms with van der Waals surface area (Å²) in [5.74, 6) is 0. The van der Waals surface area contributed by atoms with Crippen LogP contribution in [0.25, 0.3) is 16.9 Å². The summed E-state index contributed by atoms with van der Waals surface area (Å²) in [4.78, 5) is 0. The van der Waals surface area contributed by atoms with E-state index in [2.05, 4.69) is 105 Å². The maximum atomic E-state index is 11.8. The van der Waals surface area contributed by atoms with Gasteiger partial charge in [0, 0.05) is 22.3 Å². The predicted molar refractivity (Wildman–Crippen MR) is 389 cm³/mol. The number of hydrogen-bond donors (Lipinski definition) is 0. The fourth-order valence-corrected chi connectivity index (χ4v) is 14.6. The van der Waals surface area contributed by atoms with Gasteiger partial charge in [-0.25, -0.2) is 4.70 Å². The number of hydrogen-bond acceptors (Lipinski definition) is 0. The summed E-state index contributed by atoms with van der Waals surface area (Å²) in [5.41, 5.74) is 21.6. The minimum absolute atomic E-state index is 1.02. The Morgan fingerprint density at radius 1 is 0.253 bits per heavy atom. The molecular formula is C84H150N2Ni. The quantitative estimate of drug-likeness (QED) is 0.0358. The summed E-state index contributed by atoms with van der Waals surface area (Å²) < 4.78 is 1.55. The van der Waals surface area contributed by atoms with Gasteiger partial charge in [0.05, 0.1) is 0 Å². The van der Waals surface area contributed by atoms with Crippen LogP contribution in [0, 0.1) is 0 Å². The van der Waals surface area contributed by atoms with E-state index < -0.39 is 0 Å². The van der Waals surface area contributed by atoms with Crippen LogP contribution in [0.5, 0.6) is 0 Å². The summed E-state index contributed by atoms with van der Waals surface area (Å²) in [6.07, 6.45) is 84.5. The first-order valence-corrected chi connectivity index (χ1v) is 41.0. The van der Waals surface area contributed by atoms with Gasteiger partial charge in [-0.2, -0.15) is 0 Å². The summed E-state index contributed by atoms with van der Waals surface area (Å²) in [6, 6.07) is 17.8. The van der Waals surface area contributed by atoms with Gasteiger partial charge in [-0.15, -0.1) is 0 Å². The van der Waals surface area contributed by atoms with Gasteiger partial charge >= 0.3 is 166 Å². The minimum atomic E-state index is 1.02. The van der Waals surface area contributed by atoms with Gasteiger partial charge in [-0.05, 0) is 86.8 Å². The summed E-state index contributed by atoms with van der Waals surface area (Å²) >= 11 is 2.05. The Bertz CT molecular complexity index is 1820. The topological polar surface area (TPSA) is 25.3 Å². The third-order valence-corrected chi connectivity index (χ3v) is 20.5. The van der Waals surface area contributed by atoms with Crippen LogP contribution in [-0.4, -0.2) is 4.70 Å². The molecule has 87 heavy (non-hydrogen) atoms. The Morgan fingerprint density at radius 3 is 0.736 bits per heavy atom. The molecule has 2 aromatic carbocycles. The van der Waals surface area contributed by atoms with Crippen LogP contribution in [0.2, 0.25) is 10.8 Å². The molecule has 0 spiro atoms. The second-order valence-corrected chi connectivity index (χ2v) is 29.0. The van der Waals surface area contributed by atoms with E-state index in [1.807, 2.05) is 0 Å². The van der Waals surface area contributed by atoms with E-state index in [0.717, 1.165) is 61.0 Å². The van der Waals surface area contributed by atoms with Crippen molar-refractivity contribution in [2.75, 3.05) is 0 Å². The Morgan fingerprint density at radius 2 is 0.471 bits per heavy atom. The van der Waals surface area contributed by atoms with Gasteiger partial charge in [-0.1, -0.05) is 258 Å². The predicted octanol–water partition coefficient (Wildman–Crippen LogP) is 30.6. The molecular weight excluding hydrogens is 1100 g/mol. The third-order valence-electron chi connectivity index (χ3n) is 19.1. The smallest absolute Gasteiger partial charge is 0.0654 e. The molecule has 0 aromatic heterocycles. The van der Waals surface area contributed by atoms with Gasteiger partial charge < -0.3 is 5.53 Å². The molecule has 0 saturated carbocycles. The van der Waals surface area contributed by atoms with Crippen molar-refractivity contribution in [3.8, 4) is 0 Å². The number of allylic oxidation sites excluding steroid dienone is 2. The normalized spacial score (nSPS) is 12.6. The van der Waals surface area contributed by atoms with E-state index in [9.17, 15) is 5.53 Å². The first kappa shape index (κ1) is 81.1. The first-order valence-electron chi connectivity index (χ1n) is 39.6. The molecule has 0 bridgehead atoms. The molecule has 0 fully saturated rings. The molecule has 2 nitrogen and oxygen atoms in total. The fourth-order valence-electron chi connectivity index (χ4n) is 13.3. The van der Waals surface area contributed by atoms with Crippen molar-refractivity contribution in [1.82, 2.24) is 0 Å². The Balaban J connectivity index is 0.000000626. The van der Waals surface area contributed by atoms with Crippen LogP contribution >= 0.6 is 0 Å². The molecule has 0 N–H and O–H groups in total. The van der Waals surface area contributed by atoms with E-state index >= 15 is 0 Å². The standard InChI is InChI=1S/C34H48N2.2C25H51.Ni/c1-5-9-13-14-24-32-31(23-12-8-4)33(29-21-15-19-27(25-29)17-10-6-2)36(35)34(32)30-22-16-20-28(26-30)18-11-7-3;2*1-3-5-7-9-11-13-15-17-19-21-23-25-24-22-20-18-16-14-12-10-8-6-4-2;/h15-16,19-22,25-26H,5-14,17-18,23-24H2,1-4H3;2*1,3-25H2,2H3;. The second-order valence-electron chi connectivity index (χ2n) is 27.5. The number of unbranched alkanes of at least 4 members (excludes halogenated alkanes) is 50. The molecule has 2 aromatic rings. The molecule has 506 valence electrons.